The summed E-state index contributed by atoms with van der Waals surface area (Å²) in [5, 5.41) is 14.0. The summed E-state index contributed by atoms with van der Waals surface area (Å²) in [6.45, 7) is 0. The lowest BCUT2D eigenvalue weighted by Crippen LogP contribution is -2.18. The van der Waals surface area contributed by atoms with Gasteiger partial charge >= 0.3 is 0 Å². The monoisotopic (exact) mass is 387 g/mol. The molecule has 0 atom stereocenters. The Balaban J connectivity index is 1.65. The van der Waals surface area contributed by atoms with Gasteiger partial charge in [0.15, 0.2) is 5.58 Å². The first-order valence-corrected chi connectivity index (χ1v) is 10.5. The summed E-state index contributed by atoms with van der Waals surface area (Å²) in [7, 11) is 0. The largest absolute Gasteiger partial charge is 0.444 e. The molecule has 0 amide bonds. The first kappa shape index (κ1) is 18.4. The number of nitrogens with zero attached hydrogens (tertiary/aromatic N) is 2. The van der Waals surface area contributed by atoms with Crippen molar-refractivity contribution in [3.8, 4) is 6.07 Å². The van der Waals surface area contributed by atoms with Crippen molar-refractivity contribution in [2.24, 2.45) is 0 Å². The van der Waals surface area contributed by atoms with E-state index in [0.717, 1.165) is 35.2 Å². The highest BCUT2D eigenvalue weighted by Crippen LogP contribution is 2.30. The average molecular weight is 388 g/mol. The average Bonchev–Trinajstić information content (AvgIpc) is 2.88. The lowest BCUT2D eigenvalue weighted by atomic mass is 10.0. The molecule has 28 heavy (non-hydrogen) atoms. The highest BCUT2D eigenvalue weighted by Gasteiger charge is 2.17. The molecule has 2 heterocycles. The predicted octanol–water partition coefficient (Wildman–Crippen LogP) is 5.70. The van der Waals surface area contributed by atoms with E-state index in [0.29, 0.717) is 23.8 Å². The van der Waals surface area contributed by atoms with Gasteiger partial charge in [0, 0.05) is 28.3 Å². The second kappa shape index (κ2) is 8.37. The minimum Gasteiger partial charge on any atom is -0.444 e. The highest BCUT2D eigenvalue weighted by atomic mass is 32.2. The van der Waals surface area contributed by atoms with E-state index in [2.05, 4.69) is 71.2 Å². The van der Waals surface area contributed by atoms with Gasteiger partial charge in [-0.15, -0.1) is 11.8 Å². The summed E-state index contributed by atoms with van der Waals surface area (Å²) in [5.74, 6) is 1.17. The van der Waals surface area contributed by atoms with Gasteiger partial charge in [0.25, 0.3) is 0 Å². The van der Waals surface area contributed by atoms with E-state index in [1.165, 1.54) is 4.90 Å². The highest BCUT2D eigenvalue weighted by molar-refractivity contribution is 7.98. The zero-order valence-corrected chi connectivity index (χ0v) is 16.5. The van der Waals surface area contributed by atoms with Crippen LogP contribution >= 0.6 is 11.8 Å². The Morgan fingerprint density at radius 1 is 1.21 bits per heavy atom. The maximum Gasteiger partial charge on any atom is 0.208 e. The molecule has 3 aromatic rings. The van der Waals surface area contributed by atoms with Crippen LogP contribution in [0.25, 0.3) is 11.0 Å². The molecule has 0 fully saturated rings. The molecule has 0 unspecified atom stereocenters. The van der Waals surface area contributed by atoms with Crippen LogP contribution in [0, 0.1) is 11.3 Å². The molecule has 140 valence electrons. The number of nitrogens with one attached hydrogen (secondary N) is 1. The number of fused-ring (bicyclic) bond motifs is 1. The van der Waals surface area contributed by atoms with Gasteiger partial charge in [-0.3, -0.25) is 0 Å². The number of thioether (sulfide) groups is 1. The quantitative estimate of drug-likeness (QED) is 0.569. The van der Waals surface area contributed by atoms with E-state index in [1.807, 2.05) is 6.07 Å². The third-order valence-corrected chi connectivity index (χ3v) is 5.64. The molecule has 0 saturated heterocycles. The van der Waals surface area contributed by atoms with Gasteiger partial charge in [-0.25, -0.2) is 4.98 Å². The predicted molar refractivity (Wildman–Crippen MR) is 115 cm³/mol. The topological polar surface area (TPSA) is 61.9 Å². The fraction of sp³-hybridized carbons (Fsp3) is 0.217. The molecule has 0 radical (unpaired) electrons. The van der Waals surface area contributed by atoms with Gasteiger partial charge in [-0.1, -0.05) is 36.4 Å². The molecule has 1 aliphatic rings. The summed E-state index contributed by atoms with van der Waals surface area (Å²) < 4.78 is 5.75. The molecule has 1 aliphatic carbocycles. The number of anilines is 1. The fourth-order valence-electron chi connectivity index (χ4n) is 3.41. The maximum atomic E-state index is 9.54. The van der Waals surface area contributed by atoms with Gasteiger partial charge in [-0.05, 0) is 42.9 Å². The standard InChI is InChI=1S/C23H21N3OS/c1-28-18-10-8-16(9-11-18)12-19-20-13-23(25-15-22(20)27-21(19)14-24)26-17-6-4-2-3-5-7-17/h2-5,8-11,13,15,17H,6-7,12H2,1H3,(H,25,26). The first-order valence-electron chi connectivity index (χ1n) is 9.29. The van der Waals surface area contributed by atoms with Gasteiger partial charge in [0.2, 0.25) is 5.76 Å². The lowest BCUT2D eigenvalue weighted by Gasteiger charge is -2.15. The van der Waals surface area contributed by atoms with Crippen LogP contribution in [0.1, 0.15) is 29.7 Å². The van der Waals surface area contributed by atoms with E-state index in [9.17, 15) is 5.26 Å². The molecule has 0 saturated carbocycles. The van der Waals surface area contributed by atoms with E-state index >= 15 is 0 Å². The maximum absolute atomic E-state index is 9.54. The number of rotatable bonds is 5. The number of pyridine rings is 1. The Labute approximate surface area is 169 Å². The Bertz CT molecular complexity index is 1060. The van der Waals surface area contributed by atoms with Crippen LogP contribution in [0.3, 0.4) is 0 Å². The first-order chi connectivity index (χ1) is 13.8. The third-order valence-electron chi connectivity index (χ3n) is 4.90. The van der Waals surface area contributed by atoms with Crippen LogP contribution in [-0.4, -0.2) is 17.3 Å². The number of nitriles is 1. The summed E-state index contributed by atoms with van der Waals surface area (Å²) in [4.78, 5) is 5.71. The van der Waals surface area contributed by atoms with Crippen LogP contribution in [0.4, 0.5) is 5.82 Å². The van der Waals surface area contributed by atoms with Gasteiger partial charge in [0.05, 0.1) is 6.20 Å². The van der Waals surface area contributed by atoms with E-state index in [4.69, 9.17) is 4.42 Å². The second-order valence-corrected chi connectivity index (χ2v) is 7.66. The minimum absolute atomic E-state index is 0.310. The third kappa shape index (κ3) is 3.97. The van der Waals surface area contributed by atoms with Crippen LogP contribution < -0.4 is 5.32 Å². The Kier molecular flexibility index (Phi) is 5.50. The molecule has 0 bridgehead atoms. The van der Waals surface area contributed by atoms with Crippen LogP contribution in [-0.2, 0) is 6.42 Å². The number of furan rings is 1. The summed E-state index contributed by atoms with van der Waals surface area (Å²) >= 11 is 1.72. The minimum atomic E-state index is 0.310. The van der Waals surface area contributed by atoms with Crippen molar-refractivity contribution in [3.05, 3.63) is 77.7 Å². The zero-order chi connectivity index (χ0) is 19.3. The summed E-state index contributed by atoms with van der Waals surface area (Å²) in [6.07, 6.45) is 14.8. The van der Waals surface area contributed by atoms with Crippen molar-refractivity contribution >= 4 is 28.5 Å². The molecular weight excluding hydrogens is 366 g/mol. The van der Waals surface area contributed by atoms with Crippen molar-refractivity contribution in [1.29, 1.82) is 5.26 Å². The number of allylic oxidation sites excluding steroid dienone is 2. The summed E-state index contributed by atoms with van der Waals surface area (Å²) in [6, 6.07) is 12.9. The van der Waals surface area contributed by atoms with E-state index < -0.39 is 0 Å². The molecule has 5 heteroatoms. The number of hydrogen-bond acceptors (Lipinski definition) is 5. The van der Waals surface area contributed by atoms with Crippen LogP contribution in [0.2, 0.25) is 0 Å². The number of benzene rings is 1. The lowest BCUT2D eigenvalue weighted by molar-refractivity contribution is 0.593. The van der Waals surface area contributed by atoms with Gasteiger partial charge < -0.3 is 9.73 Å². The molecule has 0 aliphatic heterocycles. The molecule has 0 spiro atoms. The molecule has 4 nitrogen and oxygen atoms in total. The molecule has 2 aromatic heterocycles. The molecule has 4 rings (SSSR count). The SMILES string of the molecule is CSc1ccc(Cc2c(C#N)oc3cnc(NC4CC=CC=CC4)cc23)cc1. The van der Waals surface area contributed by atoms with Gasteiger partial charge in [-0.2, -0.15) is 5.26 Å². The molecule has 1 aromatic carbocycles. The van der Waals surface area contributed by atoms with E-state index in [-0.39, 0.29) is 0 Å². The van der Waals surface area contributed by atoms with Crippen LogP contribution in [0.15, 0.2) is 70.1 Å². The van der Waals surface area contributed by atoms with Crippen LogP contribution in [0.5, 0.6) is 0 Å². The Hall–Kier alpha value is -2.97. The Morgan fingerprint density at radius 2 is 1.96 bits per heavy atom. The summed E-state index contributed by atoms with van der Waals surface area (Å²) in [5.41, 5.74) is 2.72. The zero-order valence-electron chi connectivity index (χ0n) is 15.7. The normalized spacial score (nSPS) is 14.1. The second-order valence-electron chi connectivity index (χ2n) is 6.78. The number of aromatic nitrogens is 1. The van der Waals surface area contributed by atoms with Crippen molar-refractivity contribution in [3.63, 3.8) is 0 Å². The smallest absolute Gasteiger partial charge is 0.208 e. The Morgan fingerprint density at radius 3 is 2.64 bits per heavy atom. The molecular formula is C23H21N3OS. The van der Waals surface area contributed by atoms with Gasteiger partial charge in [0.1, 0.15) is 11.9 Å². The molecule has 1 N–H and O–H groups in total. The van der Waals surface area contributed by atoms with Crippen molar-refractivity contribution in [2.45, 2.75) is 30.2 Å². The van der Waals surface area contributed by atoms with E-state index in [1.54, 1.807) is 18.0 Å². The van der Waals surface area contributed by atoms with Crippen molar-refractivity contribution in [1.82, 2.24) is 4.98 Å². The number of hydrogen-bond donors (Lipinski definition) is 1. The van der Waals surface area contributed by atoms with Crippen molar-refractivity contribution in [2.75, 3.05) is 11.6 Å². The van der Waals surface area contributed by atoms with Crippen molar-refractivity contribution < 1.29 is 4.42 Å². The fourth-order valence-corrected chi connectivity index (χ4v) is 3.82.